The van der Waals surface area contributed by atoms with Crippen LogP contribution >= 0.6 is 0 Å². The van der Waals surface area contributed by atoms with Gasteiger partial charge in [0.1, 0.15) is 6.10 Å². The van der Waals surface area contributed by atoms with E-state index in [4.69, 9.17) is 18.0 Å². The van der Waals surface area contributed by atoms with Crippen LogP contribution in [-0.4, -0.2) is 42.4 Å². The maximum absolute atomic E-state index is 11.7. The molecular weight excluding hydrogens is 312 g/mol. The minimum atomic E-state index is -1.73. The summed E-state index contributed by atoms with van der Waals surface area (Å²) in [6, 6.07) is 0. The Labute approximate surface area is 143 Å². The molecule has 0 aromatic rings. The molecule has 0 N–H and O–H groups in total. The van der Waals surface area contributed by atoms with E-state index in [2.05, 4.69) is 13.5 Å². The Morgan fingerprint density at radius 2 is 1.61 bits per heavy atom. The van der Waals surface area contributed by atoms with Crippen molar-refractivity contribution in [2.75, 3.05) is 20.8 Å². The molecule has 0 heterocycles. The van der Waals surface area contributed by atoms with Crippen molar-refractivity contribution in [1.29, 1.82) is 0 Å². The molecule has 5 nitrogen and oxygen atoms in total. The smallest absolute Gasteiger partial charge is 0.457 e. The molecule has 0 rings (SSSR count). The summed E-state index contributed by atoms with van der Waals surface area (Å²) in [5, 5.41) is 0. The van der Waals surface area contributed by atoms with Gasteiger partial charge in [0.25, 0.3) is 0 Å². The highest BCUT2D eigenvalue weighted by Gasteiger charge is 2.21. The quantitative estimate of drug-likeness (QED) is 0.195. The second-order valence-electron chi connectivity index (χ2n) is 5.69. The van der Waals surface area contributed by atoms with E-state index in [1.165, 1.54) is 32.1 Å². The van der Waals surface area contributed by atoms with E-state index in [1.54, 1.807) is 21.1 Å². The summed E-state index contributed by atoms with van der Waals surface area (Å²) in [6.45, 7) is 7.78. The third-order valence-corrected chi connectivity index (χ3v) is 4.54. The van der Waals surface area contributed by atoms with Crippen LogP contribution in [0.4, 0.5) is 0 Å². The second kappa shape index (κ2) is 14.9. The molecule has 0 spiro atoms. The lowest BCUT2D eigenvalue weighted by Crippen LogP contribution is -2.31. The Hall–Kier alpha value is -0.693. The predicted molar refractivity (Wildman–Crippen MR) is 93.0 cm³/mol. The van der Waals surface area contributed by atoms with Crippen LogP contribution < -0.4 is 0 Å². The minimum Gasteiger partial charge on any atom is -0.457 e. The molecule has 0 fully saturated rings. The molecule has 0 aromatic carbocycles. The zero-order valence-corrected chi connectivity index (χ0v) is 16.2. The molecule has 23 heavy (non-hydrogen) atoms. The number of rotatable bonds is 15. The van der Waals surface area contributed by atoms with Gasteiger partial charge >= 0.3 is 15.5 Å². The molecule has 0 saturated carbocycles. The first-order valence-electron chi connectivity index (χ1n) is 8.49. The van der Waals surface area contributed by atoms with E-state index in [1.807, 2.05) is 0 Å². The van der Waals surface area contributed by atoms with Crippen LogP contribution in [0.1, 0.15) is 65.2 Å². The van der Waals surface area contributed by atoms with Gasteiger partial charge in [-0.05, 0) is 19.8 Å². The Bertz CT molecular complexity index is 318. The molecule has 1 atom stereocenters. The molecule has 0 amide bonds. The minimum absolute atomic E-state index is 0.278. The zero-order valence-electron chi connectivity index (χ0n) is 15.2. The maximum Gasteiger partial charge on any atom is 0.577 e. The number of carbonyl (C=O) groups is 1. The zero-order chi connectivity index (χ0) is 17.5. The number of hydrogen-bond donors (Lipinski definition) is 0. The molecule has 1 radical (unpaired) electrons. The average molecular weight is 346 g/mol. The van der Waals surface area contributed by atoms with Gasteiger partial charge in [0.05, 0.1) is 6.61 Å². The molecule has 0 saturated heterocycles. The summed E-state index contributed by atoms with van der Waals surface area (Å²) in [5.41, 5.74) is 0.401. The maximum atomic E-state index is 11.7. The van der Waals surface area contributed by atoms with Crippen molar-refractivity contribution in [1.82, 2.24) is 0 Å². The Morgan fingerprint density at radius 1 is 1.04 bits per heavy atom. The van der Waals surface area contributed by atoms with Crippen LogP contribution in [0.25, 0.3) is 0 Å². The normalized spacial score (nSPS) is 12.4. The molecular formula is C17H33O5Si. The Kier molecular flexibility index (Phi) is 14.4. The van der Waals surface area contributed by atoms with Gasteiger partial charge in [-0.25, -0.2) is 4.79 Å². The fraction of sp³-hybridized carbons (Fsp3) is 0.824. The van der Waals surface area contributed by atoms with E-state index in [0.29, 0.717) is 12.2 Å². The number of hydrogen-bond acceptors (Lipinski definition) is 5. The van der Waals surface area contributed by atoms with Gasteiger partial charge in [-0.15, -0.1) is 0 Å². The topological polar surface area (TPSA) is 54.0 Å². The molecule has 6 heteroatoms. The van der Waals surface area contributed by atoms with Gasteiger partial charge in [0, 0.05) is 19.8 Å². The van der Waals surface area contributed by atoms with Crippen LogP contribution in [0.2, 0.25) is 0 Å². The average Bonchev–Trinajstić information content (AvgIpc) is 2.54. The van der Waals surface area contributed by atoms with Crippen molar-refractivity contribution < 1.29 is 22.8 Å². The largest absolute Gasteiger partial charge is 0.577 e. The van der Waals surface area contributed by atoms with Crippen molar-refractivity contribution in [2.45, 2.75) is 71.3 Å². The third-order valence-electron chi connectivity index (χ3n) is 3.47. The first-order valence-corrected chi connectivity index (χ1v) is 9.71. The fourth-order valence-electron chi connectivity index (χ4n) is 2.12. The summed E-state index contributed by atoms with van der Waals surface area (Å²) in [6.07, 6.45) is 9.07. The van der Waals surface area contributed by atoms with Crippen molar-refractivity contribution in [3.63, 3.8) is 0 Å². The first kappa shape index (κ1) is 22.3. The van der Waals surface area contributed by atoms with E-state index in [-0.39, 0.29) is 12.1 Å². The summed E-state index contributed by atoms with van der Waals surface area (Å²) < 4.78 is 21.1. The Balaban J connectivity index is 4.11. The van der Waals surface area contributed by atoms with Crippen molar-refractivity contribution in [3.8, 4) is 0 Å². The van der Waals surface area contributed by atoms with Gasteiger partial charge in [-0.3, -0.25) is 0 Å². The van der Waals surface area contributed by atoms with E-state index in [0.717, 1.165) is 19.3 Å². The second-order valence-corrected chi connectivity index (χ2v) is 7.29. The summed E-state index contributed by atoms with van der Waals surface area (Å²) in [7, 11) is 1.36. The molecule has 0 aliphatic rings. The van der Waals surface area contributed by atoms with Crippen molar-refractivity contribution >= 4 is 15.5 Å². The Morgan fingerprint density at radius 3 is 2.13 bits per heavy atom. The number of carbonyl (C=O) groups excluding carboxylic acids is 1. The highest BCUT2D eigenvalue weighted by atomic mass is 28.3. The highest BCUT2D eigenvalue weighted by molar-refractivity contribution is 6.36. The fourth-order valence-corrected chi connectivity index (χ4v) is 2.84. The van der Waals surface area contributed by atoms with E-state index < -0.39 is 9.53 Å². The summed E-state index contributed by atoms with van der Waals surface area (Å²) in [5.74, 6) is -0.370. The van der Waals surface area contributed by atoms with Crippen LogP contribution in [0.15, 0.2) is 12.2 Å². The van der Waals surface area contributed by atoms with Gasteiger partial charge in [0.2, 0.25) is 0 Å². The lowest BCUT2D eigenvalue weighted by Gasteiger charge is -2.19. The van der Waals surface area contributed by atoms with Crippen molar-refractivity contribution in [2.24, 2.45) is 0 Å². The third kappa shape index (κ3) is 12.4. The van der Waals surface area contributed by atoms with Crippen LogP contribution in [0.3, 0.4) is 0 Å². The first-order chi connectivity index (χ1) is 11.0. The van der Waals surface area contributed by atoms with E-state index in [9.17, 15) is 4.79 Å². The lowest BCUT2D eigenvalue weighted by atomic mass is 10.1. The van der Waals surface area contributed by atoms with Crippen LogP contribution in [0.5, 0.6) is 0 Å². The van der Waals surface area contributed by atoms with Gasteiger partial charge in [-0.1, -0.05) is 52.0 Å². The van der Waals surface area contributed by atoms with Crippen LogP contribution in [-0.2, 0) is 22.8 Å². The SMILES string of the molecule is C=C(C)C(=O)OC(CCCCCCCCC)CO[Si](OC)OC. The molecule has 0 bridgehead atoms. The summed E-state index contributed by atoms with van der Waals surface area (Å²) >= 11 is 0. The molecule has 0 aliphatic carbocycles. The molecule has 0 aromatic heterocycles. The van der Waals surface area contributed by atoms with E-state index >= 15 is 0 Å². The predicted octanol–water partition coefficient (Wildman–Crippen LogP) is 3.91. The number of unbranched alkanes of at least 4 members (excludes halogenated alkanes) is 6. The number of ether oxygens (including phenoxy) is 1. The van der Waals surface area contributed by atoms with Gasteiger partial charge < -0.3 is 18.0 Å². The highest BCUT2D eigenvalue weighted by Crippen LogP contribution is 2.13. The summed E-state index contributed by atoms with van der Waals surface area (Å²) in [4.78, 5) is 11.7. The molecule has 135 valence electrons. The van der Waals surface area contributed by atoms with Crippen molar-refractivity contribution in [3.05, 3.63) is 12.2 Å². The lowest BCUT2D eigenvalue weighted by molar-refractivity contribution is -0.146. The number of esters is 1. The van der Waals surface area contributed by atoms with Gasteiger partial charge in [0.15, 0.2) is 0 Å². The van der Waals surface area contributed by atoms with Crippen LogP contribution in [0, 0.1) is 0 Å². The van der Waals surface area contributed by atoms with Gasteiger partial charge in [-0.2, -0.15) is 0 Å². The standard InChI is InChI=1S/C17H33O5Si/c1-6-7-8-9-10-11-12-13-16(22-17(18)15(2)3)14-21-23(19-4)20-5/h16H,2,6-14H2,1,3-5H3. The monoisotopic (exact) mass is 345 g/mol. The molecule has 0 aliphatic heterocycles. The molecule has 1 unspecified atom stereocenters.